The number of alkyl halides is 6. The molecule has 1 aliphatic rings. The van der Waals surface area contributed by atoms with Gasteiger partial charge in [-0.2, -0.15) is 26.3 Å². The van der Waals surface area contributed by atoms with Gasteiger partial charge in [-0.25, -0.2) is 9.78 Å². The molecule has 1 saturated heterocycles. The first-order chi connectivity index (χ1) is 13.5. The highest BCUT2D eigenvalue weighted by atomic mass is 19.4. The molecule has 5 nitrogen and oxygen atoms in total. The molecule has 0 spiro atoms. The van der Waals surface area contributed by atoms with E-state index < -0.39 is 35.6 Å². The number of amides is 2. The minimum absolute atomic E-state index is 0.0197. The SMILES string of the molecule is O=C(Nc1cccc(C(F)(F)F)c1)N1CCC(Oc2cc(C(F)(F)F)ccn2)C1. The Morgan fingerprint density at radius 1 is 1.07 bits per heavy atom. The van der Waals surface area contributed by atoms with Crippen LogP contribution < -0.4 is 10.1 Å². The molecule has 1 unspecified atom stereocenters. The zero-order valence-corrected chi connectivity index (χ0v) is 14.7. The lowest BCUT2D eigenvalue weighted by Crippen LogP contribution is -2.34. The average molecular weight is 419 g/mol. The molecule has 2 amide bonds. The Morgan fingerprint density at radius 3 is 2.45 bits per heavy atom. The van der Waals surface area contributed by atoms with Gasteiger partial charge in [0, 0.05) is 30.9 Å². The number of nitrogens with one attached hydrogen (secondary N) is 1. The summed E-state index contributed by atoms with van der Waals surface area (Å²) in [5, 5.41) is 2.38. The molecule has 1 aromatic heterocycles. The van der Waals surface area contributed by atoms with E-state index in [4.69, 9.17) is 4.74 Å². The van der Waals surface area contributed by atoms with Crippen molar-refractivity contribution in [2.45, 2.75) is 24.9 Å². The van der Waals surface area contributed by atoms with Crippen LogP contribution in [0.5, 0.6) is 5.88 Å². The molecule has 0 aliphatic carbocycles. The van der Waals surface area contributed by atoms with Gasteiger partial charge >= 0.3 is 18.4 Å². The summed E-state index contributed by atoms with van der Waals surface area (Å²) in [7, 11) is 0. The Kier molecular flexibility index (Phi) is 5.58. The fourth-order valence-electron chi connectivity index (χ4n) is 2.81. The molecular formula is C18H15F6N3O2. The normalized spacial score (nSPS) is 17.3. The molecule has 1 fully saturated rings. The summed E-state index contributed by atoms with van der Waals surface area (Å²) in [5.41, 5.74) is -1.82. The molecule has 1 aliphatic heterocycles. The van der Waals surface area contributed by atoms with Crippen LogP contribution in [0.4, 0.5) is 36.8 Å². The van der Waals surface area contributed by atoms with E-state index in [-0.39, 0.29) is 24.7 Å². The number of aromatic nitrogens is 1. The number of anilines is 1. The maximum atomic E-state index is 12.8. The molecule has 3 rings (SSSR count). The van der Waals surface area contributed by atoms with Gasteiger partial charge in [0.05, 0.1) is 17.7 Å². The van der Waals surface area contributed by atoms with Crippen LogP contribution in [0, 0.1) is 0 Å². The van der Waals surface area contributed by atoms with E-state index in [1.165, 1.54) is 17.0 Å². The number of likely N-dealkylation sites (tertiary alicyclic amines) is 1. The Morgan fingerprint density at radius 2 is 1.76 bits per heavy atom. The number of nitrogens with zero attached hydrogens (tertiary/aromatic N) is 2. The standard InChI is InChI=1S/C18H15F6N3O2/c19-17(20,21)11-2-1-3-13(8-11)26-16(28)27-7-5-14(10-27)29-15-9-12(4-6-25-15)18(22,23)24/h1-4,6,8-9,14H,5,7,10H2,(H,26,28). The molecule has 0 saturated carbocycles. The van der Waals surface area contributed by atoms with Gasteiger partial charge in [-0.15, -0.1) is 0 Å². The van der Waals surface area contributed by atoms with Gasteiger partial charge in [0.1, 0.15) is 6.10 Å². The Bertz CT molecular complexity index is 884. The molecular weight excluding hydrogens is 404 g/mol. The summed E-state index contributed by atoms with van der Waals surface area (Å²) in [6.07, 6.45) is -8.34. The van der Waals surface area contributed by atoms with Gasteiger partial charge in [-0.05, 0) is 24.3 Å². The highest BCUT2D eigenvalue weighted by Crippen LogP contribution is 2.32. The Labute approximate surface area is 161 Å². The number of urea groups is 1. The van der Waals surface area contributed by atoms with E-state index >= 15 is 0 Å². The smallest absolute Gasteiger partial charge is 0.416 e. The van der Waals surface area contributed by atoms with Crippen molar-refractivity contribution in [3.63, 3.8) is 0 Å². The fourth-order valence-corrected chi connectivity index (χ4v) is 2.81. The van der Waals surface area contributed by atoms with Crippen molar-refractivity contribution in [1.82, 2.24) is 9.88 Å². The second kappa shape index (κ2) is 7.80. The number of carbonyl (C=O) groups excluding carboxylic acids is 1. The van der Waals surface area contributed by atoms with E-state index in [1.807, 2.05) is 0 Å². The number of rotatable bonds is 3. The van der Waals surface area contributed by atoms with Gasteiger partial charge in [0.25, 0.3) is 0 Å². The maximum absolute atomic E-state index is 12.8. The van der Waals surface area contributed by atoms with Crippen molar-refractivity contribution >= 4 is 11.7 Å². The van der Waals surface area contributed by atoms with Crippen LogP contribution in [0.15, 0.2) is 42.6 Å². The topological polar surface area (TPSA) is 54.5 Å². The van der Waals surface area contributed by atoms with Crippen LogP contribution in [0.2, 0.25) is 0 Å². The predicted octanol–water partition coefficient (Wildman–Crippen LogP) is 4.80. The molecule has 0 radical (unpaired) electrons. The second-order valence-electron chi connectivity index (χ2n) is 6.36. The monoisotopic (exact) mass is 419 g/mol. The Hall–Kier alpha value is -2.98. The van der Waals surface area contributed by atoms with Crippen molar-refractivity contribution in [2.24, 2.45) is 0 Å². The first-order valence-electron chi connectivity index (χ1n) is 8.45. The summed E-state index contributed by atoms with van der Waals surface area (Å²) in [6.45, 7) is 0.289. The van der Waals surface area contributed by atoms with Crippen LogP contribution in [-0.2, 0) is 12.4 Å². The first kappa shape index (κ1) is 20.7. The van der Waals surface area contributed by atoms with E-state index in [2.05, 4.69) is 10.3 Å². The first-order valence-corrected chi connectivity index (χ1v) is 8.45. The zero-order chi connectivity index (χ0) is 21.2. The third-order valence-corrected chi connectivity index (χ3v) is 4.22. The molecule has 1 aromatic carbocycles. The highest BCUT2D eigenvalue weighted by Gasteiger charge is 2.33. The van der Waals surface area contributed by atoms with E-state index in [9.17, 15) is 31.1 Å². The van der Waals surface area contributed by atoms with E-state index in [0.717, 1.165) is 30.5 Å². The van der Waals surface area contributed by atoms with Gasteiger partial charge in [-0.3, -0.25) is 0 Å². The van der Waals surface area contributed by atoms with Gasteiger partial charge in [0.2, 0.25) is 5.88 Å². The molecule has 11 heteroatoms. The van der Waals surface area contributed by atoms with Crippen LogP contribution >= 0.6 is 0 Å². The summed E-state index contributed by atoms with van der Waals surface area (Å²) in [6, 6.07) is 5.15. The zero-order valence-electron chi connectivity index (χ0n) is 14.7. The van der Waals surface area contributed by atoms with Crippen LogP contribution in [0.25, 0.3) is 0 Å². The molecule has 1 atom stereocenters. The maximum Gasteiger partial charge on any atom is 0.416 e. The van der Waals surface area contributed by atoms with Gasteiger partial charge in [-0.1, -0.05) is 6.07 Å². The molecule has 156 valence electrons. The van der Waals surface area contributed by atoms with Crippen molar-refractivity contribution in [1.29, 1.82) is 0 Å². The lowest BCUT2D eigenvalue weighted by Gasteiger charge is -2.18. The lowest BCUT2D eigenvalue weighted by atomic mass is 10.2. The third-order valence-electron chi connectivity index (χ3n) is 4.22. The molecule has 29 heavy (non-hydrogen) atoms. The third kappa shape index (κ3) is 5.30. The number of benzene rings is 1. The Balaban J connectivity index is 1.59. The number of ether oxygens (including phenoxy) is 1. The van der Waals surface area contributed by atoms with E-state index in [0.29, 0.717) is 6.42 Å². The number of hydrogen-bond donors (Lipinski definition) is 1. The minimum atomic E-state index is -4.54. The molecule has 2 heterocycles. The quantitative estimate of drug-likeness (QED) is 0.727. The number of carbonyl (C=O) groups is 1. The average Bonchev–Trinajstić information content (AvgIpc) is 3.09. The van der Waals surface area contributed by atoms with Crippen LogP contribution in [-0.4, -0.2) is 35.1 Å². The molecule has 2 aromatic rings. The van der Waals surface area contributed by atoms with Crippen molar-refractivity contribution in [2.75, 3.05) is 18.4 Å². The lowest BCUT2D eigenvalue weighted by molar-refractivity contribution is -0.138. The summed E-state index contributed by atoms with van der Waals surface area (Å²) >= 11 is 0. The van der Waals surface area contributed by atoms with Crippen LogP contribution in [0.3, 0.4) is 0 Å². The second-order valence-corrected chi connectivity index (χ2v) is 6.36. The number of pyridine rings is 1. The van der Waals surface area contributed by atoms with Gasteiger partial charge in [0.15, 0.2) is 0 Å². The van der Waals surface area contributed by atoms with Crippen molar-refractivity contribution < 1.29 is 35.9 Å². The summed E-state index contributed by atoms with van der Waals surface area (Å²) < 4.78 is 81.9. The van der Waals surface area contributed by atoms with Crippen molar-refractivity contribution in [3.05, 3.63) is 53.7 Å². The van der Waals surface area contributed by atoms with Crippen molar-refractivity contribution in [3.8, 4) is 5.88 Å². The molecule has 1 N–H and O–H groups in total. The van der Waals surface area contributed by atoms with Gasteiger partial charge < -0.3 is 15.0 Å². The number of hydrogen-bond acceptors (Lipinski definition) is 3. The largest absolute Gasteiger partial charge is 0.472 e. The fraction of sp³-hybridized carbons (Fsp3) is 0.333. The number of halogens is 6. The predicted molar refractivity (Wildman–Crippen MR) is 90.3 cm³/mol. The highest BCUT2D eigenvalue weighted by molar-refractivity contribution is 5.89. The summed E-state index contributed by atoms with van der Waals surface area (Å²) in [5.74, 6) is -0.218. The van der Waals surface area contributed by atoms with E-state index in [1.54, 1.807) is 0 Å². The molecule has 0 bridgehead atoms. The van der Waals surface area contributed by atoms with Crippen LogP contribution in [0.1, 0.15) is 17.5 Å². The summed E-state index contributed by atoms with van der Waals surface area (Å²) in [4.78, 5) is 17.3. The minimum Gasteiger partial charge on any atom is -0.472 e.